The van der Waals surface area contributed by atoms with E-state index in [0.717, 1.165) is 25.9 Å². The third kappa shape index (κ3) is 4.85. The van der Waals surface area contributed by atoms with Crippen LogP contribution in [-0.4, -0.2) is 6.61 Å². The van der Waals surface area contributed by atoms with Crippen LogP contribution in [0.4, 0.5) is 0 Å². The highest BCUT2D eigenvalue weighted by Crippen LogP contribution is 2.31. The van der Waals surface area contributed by atoms with Gasteiger partial charge < -0.3 is 4.74 Å². The Balaban J connectivity index is 3.12. The van der Waals surface area contributed by atoms with E-state index >= 15 is 0 Å². The lowest BCUT2D eigenvalue weighted by Crippen LogP contribution is -2.06. The number of ether oxygens (including phenoxy) is 1. The Morgan fingerprint density at radius 3 is 2.05 bits per heavy atom. The van der Waals surface area contributed by atoms with Crippen LogP contribution in [0.5, 0.6) is 5.75 Å². The van der Waals surface area contributed by atoms with Crippen molar-refractivity contribution in [1.82, 2.24) is 0 Å². The van der Waals surface area contributed by atoms with Gasteiger partial charge >= 0.3 is 0 Å². The van der Waals surface area contributed by atoms with Gasteiger partial charge in [0.1, 0.15) is 5.75 Å². The molecule has 0 fully saturated rings. The molecular weight excluding hydrogens is 244 g/mol. The number of aryl methyl sites for hydroxylation is 2. The molecule has 0 spiro atoms. The molecule has 0 aliphatic heterocycles. The third-order valence-corrected chi connectivity index (χ3v) is 3.71. The van der Waals surface area contributed by atoms with Crippen molar-refractivity contribution in [3.63, 3.8) is 0 Å². The van der Waals surface area contributed by atoms with Gasteiger partial charge in [0.05, 0.1) is 6.61 Å². The number of hydrogen-bond acceptors (Lipinski definition) is 1. The lowest BCUT2D eigenvalue weighted by atomic mass is 9.94. The highest BCUT2D eigenvalue weighted by atomic mass is 16.5. The molecule has 0 bridgehead atoms. The zero-order valence-electron chi connectivity index (χ0n) is 13.9. The summed E-state index contributed by atoms with van der Waals surface area (Å²) in [6.45, 7) is 9.79. The summed E-state index contributed by atoms with van der Waals surface area (Å²) in [4.78, 5) is 0. The lowest BCUT2D eigenvalue weighted by Gasteiger charge is -2.19. The summed E-state index contributed by atoms with van der Waals surface area (Å²) in [5, 5.41) is 0. The van der Waals surface area contributed by atoms with Crippen LogP contribution in [0, 0.1) is 0 Å². The standard InChI is InChI=1S/C19H32O/c1-5-9-12-17-14-13-16(10-6-2)18(11-7-3)19(17)20-15-8-4/h13-14H,5-12,15H2,1-4H3. The maximum Gasteiger partial charge on any atom is 0.125 e. The van der Waals surface area contributed by atoms with Gasteiger partial charge in [0.25, 0.3) is 0 Å². The second kappa shape index (κ2) is 9.85. The topological polar surface area (TPSA) is 9.23 Å². The van der Waals surface area contributed by atoms with E-state index in [0.29, 0.717) is 0 Å². The largest absolute Gasteiger partial charge is 0.493 e. The molecule has 1 rings (SSSR count). The van der Waals surface area contributed by atoms with E-state index in [1.54, 1.807) is 0 Å². The van der Waals surface area contributed by atoms with Gasteiger partial charge in [-0.3, -0.25) is 0 Å². The van der Waals surface area contributed by atoms with Crippen molar-refractivity contribution in [3.05, 3.63) is 28.8 Å². The first-order chi connectivity index (χ1) is 9.78. The Bertz CT molecular complexity index is 382. The Morgan fingerprint density at radius 1 is 0.750 bits per heavy atom. The predicted octanol–water partition coefficient (Wildman–Crippen LogP) is 5.72. The van der Waals surface area contributed by atoms with Crippen molar-refractivity contribution >= 4 is 0 Å². The molecule has 0 saturated carbocycles. The summed E-state index contributed by atoms with van der Waals surface area (Å²) in [5.74, 6) is 1.22. The molecule has 0 radical (unpaired) electrons. The van der Waals surface area contributed by atoms with Gasteiger partial charge in [-0.2, -0.15) is 0 Å². The highest BCUT2D eigenvalue weighted by Gasteiger charge is 2.13. The number of rotatable bonds is 10. The molecular formula is C19H32O. The highest BCUT2D eigenvalue weighted by molar-refractivity contribution is 5.47. The Morgan fingerprint density at radius 2 is 1.45 bits per heavy atom. The average molecular weight is 276 g/mol. The number of benzene rings is 1. The molecule has 0 aromatic heterocycles. The van der Waals surface area contributed by atoms with Crippen LogP contribution >= 0.6 is 0 Å². The van der Waals surface area contributed by atoms with Crippen LogP contribution in [-0.2, 0) is 19.3 Å². The fourth-order valence-corrected chi connectivity index (χ4v) is 2.69. The van der Waals surface area contributed by atoms with Gasteiger partial charge in [-0.05, 0) is 48.8 Å². The maximum atomic E-state index is 6.15. The lowest BCUT2D eigenvalue weighted by molar-refractivity contribution is 0.310. The van der Waals surface area contributed by atoms with Gasteiger partial charge in [0.2, 0.25) is 0 Å². The molecule has 1 nitrogen and oxygen atoms in total. The predicted molar refractivity (Wildman–Crippen MR) is 88.8 cm³/mol. The third-order valence-electron chi connectivity index (χ3n) is 3.71. The molecule has 1 aromatic rings. The molecule has 0 atom stereocenters. The van der Waals surface area contributed by atoms with Crippen molar-refractivity contribution in [1.29, 1.82) is 0 Å². The van der Waals surface area contributed by atoms with E-state index in [4.69, 9.17) is 4.74 Å². The van der Waals surface area contributed by atoms with Crippen LogP contribution in [0.15, 0.2) is 12.1 Å². The van der Waals surface area contributed by atoms with Crippen LogP contribution in [0.1, 0.15) is 76.5 Å². The summed E-state index contributed by atoms with van der Waals surface area (Å²) >= 11 is 0. The molecule has 0 aliphatic carbocycles. The van der Waals surface area contributed by atoms with E-state index in [9.17, 15) is 0 Å². The van der Waals surface area contributed by atoms with Gasteiger partial charge in [-0.25, -0.2) is 0 Å². The minimum absolute atomic E-state index is 0.839. The molecule has 1 heteroatoms. The van der Waals surface area contributed by atoms with Gasteiger partial charge in [0.15, 0.2) is 0 Å². The number of hydrogen-bond donors (Lipinski definition) is 0. The second-order valence-corrected chi connectivity index (χ2v) is 5.64. The molecule has 0 saturated heterocycles. The zero-order valence-corrected chi connectivity index (χ0v) is 13.9. The molecule has 0 amide bonds. The summed E-state index contributed by atoms with van der Waals surface area (Å²) < 4.78 is 6.15. The fraction of sp³-hybridized carbons (Fsp3) is 0.684. The molecule has 0 heterocycles. The Hall–Kier alpha value is -0.980. The first-order valence-electron chi connectivity index (χ1n) is 8.54. The number of unbranched alkanes of at least 4 members (excludes halogenated alkanes) is 1. The summed E-state index contributed by atoms with van der Waals surface area (Å²) in [6.07, 6.45) is 9.44. The van der Waals surface area contributed by atoms with Crippen LogP contribution < -0.4 is 4.74 Å². The summed E-state index contributed by atoms with van der Waals surface area (Å²) in [6, 6.07) is 4.66. The molecule has 0 unspecified atom stereocenters. The minimum atomic E-state index is 0.839. The summed E-state index contributed by atoms with van der Waals surface area (Å²) in [5.41, 5.74) is 4.40. The molecule has 20 heavy (non-hydrogen) atoms. The molecule has 1 aromatic carbocycles. The first-order valence-corrected chi connectivity index (χ1v) is 8.54. The first kappa shape index (κ1) is 17.1. The van der Waals surface area contributed by atoms with Crippen molar-refractivity contribution in [2.45, 2.75) is 79.1 Å². The van der Waals surface area contributed by atoms with Crippen LogP contribution in [0.25, 0.3) is 0 Å². The van der Waals surface area contributed by atoms with E-state index in [-0.39, 0.29) is 0 Å². The summed E-state index contributed by atoms with van der Waals surface area (Å²) in [7, 11) is 0. The van der Waals surface area contributed by atoms with Gasteiger partial charge in [0, 0.05) is 0 Å². The van der Waals surface area contributed by atoms with Crippen molar-refractivity contribution in [2.75, 3.05) is 6.61 Å². The maximum absolute atomic E-state index is 6.15. The van der Waals surface area contributed by atoms with Crippen molar-refractivity contribution < 1.29 is 4.74 Å². The smallest absolute Gasteiger partial charge is 0.125 e. The quantitative estimate of drug-likeness (QED) is 0.531. The SMILES string of the molecule is CCCCc1ccc(CCC)c(CCC)c1OCCC. The zero-order chi connectivity index (χ0) is 14.8. The Kier molecular flexibility index (Phi) is 8.41. The Labute approximate surface area is 125 Å². The fourth-order valence-electron chi connectivity index (χ4n) is 2.69. The monoisotopic (exact) mass is 276 g/mol. The van der Waals surface area contributed by atoms with Crippen LogP contribution in [0.2, 0.25) is 0 Å². The average Bonchev–Trinajstić information content (AvgIpc) is 2.46. The van der Waals surface area contributed by atoms with E-state index < -0.39 is 0 Å². The normalized spacial score (nSPS) is 10.8. The minimum Gasteiger partial charge on any atom is -0.493 e. The van der Waals surface area contributed by atoms with E-state index in [1.165, 1.54) is 54.5 Å². The van der Waals surface area contributed by atoms with Crippen molar-refractivity contribution in [3.8, 4) is 5.75 Å². The molecule has 114 valence electrons. The van der Waals surface area contributed by atoms with Gasteiger partial charge in [-0.15, -0.1) is 0 Å². The van der Waals surface area contributed by atoms with E-state index in [2.05, 4.69) is 39.8 Å². The van der Waals surface area contributed by atoms with Crippen LogP contribution in [0.3, 0.4) is 0 Å². The molecule has 0 N–H and O–H groups in total. The van der Waals surface area contributed by atoms with Gasteiger partial charge in [-0.1, -0.05) is 59.1 Å². The molecule has 0 aliphatic rings. The van der Waals surface area contributed by atoms with Crippen molar-refractivity contribution in [2.24, 2.45) is 0 Å². The second-order valence-electron chi connectivity index (χ2n) is 5.64. The van der Waals surface area contributed by atoms with E-state index in [1.807, 2.05) is 0 Å².